The molecule has 0 spiro atoms. The van der Waals surface area contributed by atoms with Crippen LogP contribution in [0.1, 0.15) is 12.8 Å². The summed E-state index contributed by atoms with van der Waals surface area (Å²) in [6.45, 7) is 0.416. The largest absolute Gasteiger partial charge is 0.449 e. The predicted octanol–water partition coefficient (Wildman–Crippen LogP) is 1.07. The Labute approximate surface area is 127 Å². The average Bonchev–Trinajstić information content (AvgIpc) is 2.48. The highest BCUT2D eigenvalue weighted by Gasteiger charge is 2.05. The van der Waals surface area contributed by atoms with E-state index in [-0.39, 0.29) is 25.9 Å². The van der Waals surface area contributed by atoms with Gasteiger partial charge in [-0.05, 0) is 12.8 Å². The summed E-state index contributed by atoms with van der Waals surface area (Å²) in [5.41, 5.74) is 0. The number of ether oxygens (including phenoxy) is 2. The maximum absolute atomic E-state index is 11.3. The molecule has 0 aromatic carbocycles. The van der Waals surface area contributed by atoms with Gasteiger partial charge in [0.25, 0.3) is 0 Å². The van der Waals surface area contributed by atoms with Crippen LogP contribution in [0.25, 0.3) is 0 Å². The van der Waals surface area contributed by atoms with Gasteiger partial charge in [-0.3, -0.25) is 8.37 Å². The number of carbonyl (C=O) groups excluding carboxylic acids is 1. The van der Waals surface area contributed by atoms with Gasteiger partial charge in [0.2, 0.25) is 0 Å². The third-order valence-electron chi connectivity index (χ3n) is 2.36. The van der Waals surface area contributed by atoms with E-state index < -0.39 is 17.3 Å². The van der Waals surface area contributed by atoms with Crippen LogP contribution in [-0.4, -0.2) is 43.2 Å². The molecule has 0 aromatic rings. The molecule has 2 unspecified atom stereocenters. The van der Waals surface area contributed by atoms with Crippen LogP contribution in [0.4, 0.5) is 0 Å². The van der Waals surface area contributed by atoms with Crippen molar-refractivity contribution in [3.8, 4) is 11.8 Å². The Balaban J connectivity index is 2.58. The van der Waals surface area contributed by atoms with E-state index in [1.807, 2.05) is 0 Å². The van der Waals surface area contributed by atoms with E-state index in [0.717, 1.165) is 0 Å². The molecule has 0 saturated heterocycles. The van der Waals surface area contributed by atoms with Crippen molar-refractivity contribution in [1.29, 1.82) is 0 Å². The second kappa shape index (κ2) is 11.2. The van der Waals surface area contributed by atoms with E-state index in [2.05, 4.69) is 11.8 Å². The van der Waals surface area contributed by atoms with E-state index in [9.17, 15) is 9.00 Å². The zero-order valence-corrected chi connectivity index (χ0v) is 12.6. The van der Waals surface area contributed by atoms with Gasteiger partial charge >= 0.3 is 17.3 Å². The van der Waals surface area contributed by atoms with Crippen molar-refractivity contribution in [2.75, 3.05) is 26.9 Å². The lowest BCUT2D eigenvalue weighted by Crippen LogP contribution is -2.11. The van der Waals surface area contributed by atoms with Crippen LogP contribution < -0.4 is 0 Å². The molecule has 0 bridgehead atoms. The van der Waals surface area contributed by atoms with Crippen molar-refractivity contribution in [3.05, 3.63) is 24.3 Å². The van der Waals surface area contributed by atoms with Gasteiger partial charge in [0, 0.05) is 13.2 Å². The fourth-order valence-corrected chi connectivity index (χ4v) is 1.86. The van der Waals surface area contributed by atoms with Gasteiger partial charge in [-0.25, -0.2) is 4.79 Å². The van der Waals surface area contributed by atoms with Crippen LogP contribution in [0, 0.1) is 11.8 Å². The van der Waals surface area contributed by atoms with E-state index in [0.29, 0.717) is 12.8 Å². The van der Waals surface area contributed by atoms with Crippen molar-refractivity contribution in [2.24, 2.45) is 0 Å². The Morgan fingerprint density at radius 1 is 1.38 bits per heavy atom. The summed E-state index contributed by atoms with van der Waals surface area (Å²) >= 11 is -1.79. The van der Waals surface area contributed by atoms with Gasteiger partial charge in [-0.15, -0.1) is 0 Å². The molecule has 2 atom stereocenters. The topological polar surface area (TPSA) is 71.1 Å². The highest BCUT2D eigenvalue weighted by atomic mass is 32.2. The van der Waals surface area contributed by atoms with E-state index in [1.54, 1.807) is 19.3 Å². The van der Waals surface area contributed by atoms with Gasteiger partial charge in [-0.1, -0.05) is 30.1 Å². The monoisotopic (exact) mass is 314 g/mol. The van der Waals surface area contributed by atoms with Crippen molar-refractivity contribution in [2.45, 2.75) is 18.9 Å². The maximum atomic E-state index is 11.3. The molecule has 0 saturated carbocycles. The Kier molecular flexibility index (Phi) is 9.40. The second-order valence-electron chi connectivity index (χ2n) is 3.89. The predicted molar refractivity (Wildman–Crippen MR) is 77.1 cm³/mol. The van der Waals surface area contributed by atoms with Crippen molar-refractivity contribution >= 4 is 17.3 Å². The molecule has 0 amide bonds. The molecule has 1 aliphatic heterocycles. The van der Waals surface area contributed by atoms with Crippen LogP contribution in [0.5, 0.6) is 0 Å². The Morgan fingerprint density at radius 2 is 2.24 bits per heavy atom. The molecule has 21 heavy (non-hydrogen) atoms. The summed E-state index contributed by atoms with van der Waals surface area (Å²) in [6.07, 6.45) is 6.91. The first-order chi connectivity index (χ1) is 10.2. The molecule has 7 heteroatoms. The minimum absolute atomic E-state index is 0.0103. The molecule has 6 nitrogen and oxygen atoms in total. The number of methoxy groups -OCH3 is 1. The molecule has 116 valence electrons. The van der Waals surface area contributed by atoms with Gasteiger partial charge in [0.15, 0.2) is 6.61 Å². The summed E-state index contributed by atoms with van der Waals surface area (Å²) in [7, 11) is 1.55. The Morgan fingerprint density at radius 3 is 3.05 bits per heavy atom. The molecule has 0 fully saturated rings. The average molecular weight is 314 g/mol. The van der Waals surface area contributed by atoms with E-state index in [4.69, 9.17) is 17.8 Å². The van der Waals surface area contributed by atoms with Crippen LogP contribution in [0.3, 0.4) is 0 Å². The smallest absolute Gasteiger partial charge is 0.331 e. The first kappa shape index (κ1) is 17.6. The first-order valence-corrected chi connectivity index (χ1v) is 7.42. The summed E-state index contributed by atoms with van der Waals surface area (Å²) in [5, 5.41) is 0. The molecule has 0 aromatic heterocycles. The number of esters is 1. The first-order valence-electron chi connectivity index (χ1n) is 6.42. The molecule has 1 heterocycles. The molecule has 0 N–H and O–H groups in total. The third-order valence-corrected chi connectivity index (χ3v) is 3.05. The van der Waals surface area contributed by atoms with E-state index in [1.165, 1.54) is 12.2 Å². The van der Waals surface area contributed by atoms with Crippen LogP contribution in [-0.2, 0) is 34.0 Å². The highest BCUT2D eigenvalue weighted by molar-refractivity contribution is 7.75. The number of hydrogen-bond acceptors (Lipinski definition) is 6. The van der Waals surface area contributed by atoms with Crippen LogP contribution >= 0.6 is 0 Å². The van der Waals surface area contributed by atoms with Crippen LogP contribution in [0.2, 0.25) is 0 Å². The lowest BCUT2D eigenvalue weighted by atomic mass is 10.2. The molecule has 0 radical (unpaired) electrons. The van der Waals surface area contributed by atoms with Gasteiger partial charge in [-0.2, -0.15) is 4.21 Å². The standard InChI is InChI=1S/C14H18O6S/c1-17-13-7-5-10-18-14(15)9-3-2-4-11-19-21(16)20-12-6-8-13/h2-4,9,13H,6,8,10-12H2,1H3/b4-2+,9-3-. The van der Waals surface area contributed by atoms with Crippen molar-refractivity contribution in [1.82, 2.24) is 0 Å². The number of carbonyl (C=O) groups is 1. The minimum Gasteiger partial charge on any atom is -0.449 e. The van der Waals surface area contributed by atoms with Crippen molar-refractivity contribution < 1.29 is 26.8 Å². The molecule has 1 rings (SSSR count). The number of hydrogen-bond donors (Lipinski definition) is 0. The Hall–Kier alpha value is -1.46. The highest BCUT2D eigenvalue weighted by Crippen LogP contribution is 2.02. The minimum atomic E-state index is -1.79. The van der Waals surface area contributed by atoms with Crippen LogP contribution in [0.15, 0.2) is 24.3 Å². The summed E-state index contributed by atoms with van der Waals surface area (Å²) in [6, 6.07) is 0. The summed E-state index contributed by atoms with van der Waals surface area (Å²) in [5.74, 6) is 5.08. The number of rotatable bonds is 1. The fraction of sp³-hybridized carbons (Fsp3) is 0.500. The molecule has 1 aliphatic rings. The quantitative estimate of drug-likeness (QED) is 0.532. The summed E-state index contributed by atoms with van der Waals surface area (Å²) < 4.78 is 31.3. The van der Waals surface area contributed by atoms with Gasteiger partial charge in [0.1, 0.15) is 6.10 Å². The zero-order chi connectivity index (χ0) is 15.3. The maximum Gasteiger partial charge on any atom is 0.331 e. The molecular weight excluding hydrogens is 296 g/mol. The normalized spacial score (nSPS) is 28.5. The third kappa shape index (κ3) is 9.15. The number of cyclic esters (lactones) is 1. The lowest BCUT2D eigenvalue weighted by Gasteiger charge is -2.08. The Bertz CT molecular complexity index is 460. The second-order valence-corrected chi connectivity index (χ2v) is 4.77. The zero-order valence-electron chi connectivity index (χ0n) is 11.8. The van der Waals surface area contributed by atoms with Gasteiger partial charge < -0.3 is 9.47 Å². The molecule has 0 aliphatic carbocycles. The van der Waals surface area contributed by atoms with E-state index >= 15 is 0 Å². The number of allylic oxidation sites excluding steroid dienone is 2. The SMILES string of the molecule is COC1C#CCOC(=O)/C=C\C=C\COS(=O)OCCC1. The fourth-order valence-electron chi connectivity index (χ4n) is 1.35. The van der Waals surface area contributed by atoms with Gasteiger partial charge in [0.05, 0.1) is 13.2 Å². The van der Waals surface area contributed by atoms with Crippen molar-refractivity contribution in [3.63, 3.8) is 0 Å². The lowest BCUT2D eigenvalue weighted by molar-refractivity contribution is -0.136. The summed E-state index contributed by atoms with van der Waals surface area (Å²) in [4.78, 5) is 11.3. The molecular formula is C14H18O6S.